The number of anilines is 1. The van der Waals surface area contributed by atoms with E-state index in [2.05, 4.69) is 6.58 Å². The molecule has 0 unspecified atom stereocenters. The molecule has 0 bridgehead atoms. The van der Waals surface area contributed by atoms with Crippen molar-refractivity contribution < 1.29 is 9.59 Å². The first-order valence-electron chi connectivity index (χ1n) is 4.70. The Bertz CT molecular complexity index is 596. The number of aldehydes is 1. The molecule has 16 heavy (non-hydrogen) atoms. The summed E-state index contributed by atoms with van der Waals surface area (Å²) in [5.41, 5.74) is 7.28. The molecule has 2 aromatic rings. The van der Waals surface area contributed by atoms with Crippen LogP contribution in [0.15, 0.2) is 37.1 Å². The second-order valence-electron chi connectivity index (χ2n) is 3.36. The van der Waals surface area contributed by atoms with Crippen LogP contribution >= 0.6 is 0 Å². The van der Waals surface area contributed by atoms with E-state index >= 15 is 0 Å². The molecule has 4 nitrogen and oxygen atoms in total. The summed E-state index contributed by atoms with van der Waals surface area (Å²) >= 11 is 0. The molecule has 2 N–H and O–H groups in total. The summed E-state index contributed by atoms with van der Waals surface area (Å²) in [5.74, 6) is -0.288. The van der Waals surface area contributed by atoms with Crippen LogP contribution in [-0.2, 0) is 0 Å². The summed E-state index contributed by atoms with van der Waals surface area (Å²) in [6.07, 6.45) is 3.35. The number of aromatic nitrogens is 1. The van der Waals surface area contributed by atoms with Gasteiger partial charge in [0.05, 0.1) is 5.52 Å². The van der Waals surface area contributed by atoms with Crippen LogP contribution in [0.25, 0.3) is 10.9 Å². The van der Waals surface area contributed by atoms with E-state index in [0.717, 1.165) is 0 Å². The lowest BCUT2D eigenvalue weighted by atomic mass is 10.1. The summed E-state index contributed by atoms with van der Waals surface area (Å²) < 4.78 is 1.36. The molecule has 0 saturated heterocycles. The van der Waals surface area contributed by atoms with Gasteiger partial charge in [-0.1, -0.05) is 12.6 Å². The number of allylic oxidation sites excluding steroid dienone is 1. The molecular weight excluding hydrogens is 204 g/mol. The van der Waals surface area contributed by atoms with Gasteiger partial charge in [0.15, 0.2) is 6.29 Å². The molecule has 0 aliphatic carbocycles. The molecule has 0 amide bonds. The normalized spacial score (nSPS) is 10.2. The van der Waals surface area contributed by atoms with E-state index in [1.54, 1.807) is 18.2 Å². The monoisotopic (exact) mass is 214 g/mol. The maximum Gasteiger partial charge on any atom is 0.254 e. The summed E-state index contributed by atoms with van der Waals surface area (Å²) in [5, 5.41) is 0.604. The Labute approximate surface area is 92.0 Å². The van der Waals surface area contributed by atoms with Crippen molar-refractivity contribution in [2.45, 2.75) is 0 Å². The smallest absolute Gasteiger partial charge is 0.254 e. The van der Waals surface area contributed by atoms with Gasteiger partial charge in [0.25, 0.3) is 5.91 Å². The van der Waals surface area contributed by atoms with Gasteiger partial charge in [0, 0.05) is 22.8 Å². The van der Waals surface area contributed by atoms with Gasteiger partial charge in [-0.05, 0) is 18.2 Å². The van der Waals surface area contributed by atoms with Crippen molar-refractivity contribution >= 4 is 28.8 Å². The number of carbonyl (C=O) groups is 2. The Kier molecular flexibility index (Phi) is 2.32. The zero-order chi connectivity index (χ0) is 11.7. The number of nitrogen functional groups attached to an aromatic ring is 1. The molecule has 0 spiro atoms. The van der Waals surface area contributed by atoms with Crippen LogP contribution in [0.5, 0.6) is 0 Å². The van der Waals surface area contributed by atoms with Crippen molar-refractivity contribution in [1.82, 2.24) is 4.57 Å². The lowest BCUT2D eigenvalue weighted by molar-refractivity contribution is 0.0974. The molecule has 0 aliphatic rings. The summed E-state index contributed by atoms with van der Waals surface area (Å²) in [6, 6.07) is 5.16. The molecular formula is C12H10N2O2. The van der Waals surface area contributed by atoms with Gasteiger partial charge in [0.1, 0.15) is 0 Å². The topological polar surface area (TPSA) is 65.1 Å². The van der Waals surface area contributed by atoms with E-state index in [-0.39, 0.29) is 5.91 Å². The molecule has 1 aromatic heterocycles. The van der Waals surface area contributed by atoms with Crippen molar-refractivity contribution in [1.29, 1.82) is 0 Å². The van der Waals surface area contributed by atoms with Crippen molar-refractivity contribution in [3.63, 3.8) is 0 Å². The molecule has 1 aromatic carbocycles. The van der Waals surface area contributed by atoms with Gasteiger partial charge in [-0.2, -0.15) is 0 Å². The number of nitrogens with two attached hydrogens (primary N) is 1. The Morgan fingerprint density at radius 2 is 2.19 bits per heavy atom. The third-order valence-electron chi connectivity index (χ3n) is 2.43. The van der Waals surface area contributed by atoms with Crippen LogP contribution in [0, 0.1) is 0 Å². The highest BCUT2D eigenvalue weighted by Gasteiger charge is 2.12. The van der Waals surface area contributed by atoms with Crippen molar-refractivity contribution in [3.05, 3.63) is 42.6 Å². The number of rotatable bonds is 2. The Balaban J connectivity index is 2.88. The number of hydrogen-bond acceptors (Lipinski definition) is 3. The van der Waals surface area contributed by atoms with Crippen LogP contribution in [0.2, 0.25) is 0 Å². The predicted molar refractivity (Wildman–Crippen MR) is 62.6 cm³/mol. The fourth-order valence-corrected chi connectivity index (χ4v) is 1.72. The minimum atomic E-state index is -0.288. The maximum atomic E-state index is 11.6. The van der Waals surface area contributed by atoms with E-state index in [4.69, 9.17) is 5.73 Å². The predicted octanol–water partition coefficient (Wildman–Crippen LogP) is 1.86. The number of carbonyl (C=O) groups excluding carboxylic acids is 2. The minimum Gasteiger partial charge on any atom is -0.398 e. The average Bonchev–Trinajstić information content (AvgIpc) is 2.68. The van der Waals surface area contributed by atoms with E-state index in [1.165, 1.54) is 16.8 Å². The first-order valence-corrected chi connectivity index (χ1v) is 4.70. The molecule has 80 valence electrons. The van der Waals surface area contributed by atoms with Gasteiger partial charge in [-0.15, -0.1) is 0 Å². The van der Waals surface area contributed by atoms with Crippen molar-refractivity contribution in [3.8, 4) is 0 Å². The largest absolute Gasteiger partial charge is 0.398 e. The van der Waals surface area contributed by atoms with Gasteiger partial charge in [-0.3, -0.25) is 14.2 Å². The Morgan fingerprint density at radius 3 is 2.81 bits per heavy atom. The quantitative estimate of drug-likeness (QED) is 0.471. The fourth-order valence-electron chi connectivity index (χ4n) is 1.72. The van der Waals surface area contributed by atoms with E-state index in [1.807, 2.05) is 0 Å². The zero-order valence-corrected chi connectivity index (χ0v) is 8.51. The summed E-state index contributed by atoms with van der Waals surface area (Å²) in [7, 11) is 0. The first kappa shape index (κ1) is 10.2. The first-order chi connectivity index (χ1) is 7.69. The number of benzene rings is 1. The molecule has 0 atom stereocenters. The highest BCUT2D eigenvalue weighted by atomic mass is 16.2. The van der Waals surface area contributed by atoms with E-state index in [9.17, 15) is 9.59 Å². The second kappa shape index (κ2) is 3.66. The van der Waals surface area contributed by atoms with E-state index in [0.29, 0.717) is 28.4 Å². The van der Waals surface area contributed by atoms with Gasteiger partial charge in [-0.25, -0.2) is 0 Å². The lowest BCUT2D eigenvalue weighted by Gasteiger charge is -2.00. The summed E-state index contributed by atoms with van der Waals surface area (Å²) in [6.45, 7) is 3.41. The third-order valence-corrected chi connectivity index (χ3v) is 2.43. The molecule has 0 fully saturated rings. The highest BCUT2D eigenvalue weighted by Crippen LogP contribution is 2.25. The SMILES string of the molecule is C=CC(=O)n1cc(C=O)c2c(N)cccc21. The van der Waals surface area contributed by atoms with Crippen molar-refractivity contribution in [2.75, 3.05) is 5.73 Å². The van der Waals surface area contributed by atoms with Crippen LogP contribution < -0.4 is 5.73 Å². The number of hydrogen-bond donors (Lipinski definition) is 1. The van der Waals surface area contributed by atoms with Crippen LogP contribution in [-0.4, -0.2) is 16.8 Å². The molecule has 2 rings (SSSR count). The van der Waals surface area contributed by atoms with Crippen LogP contribution in [0.1, 0.15) is 15.2 Å². The van der Waals surface area contributed by atoms with E-state index < -0.39 is 0 Å². The fraction of sp³-hybridized carbons (Fsp3) is 0. The third kappa shape index (κ3) is 1.32. The van der Waals surface area contributed by atoms with Crippen molar-refractivity contribution in [2.24, 2.45) is 0 Å². The molecule has 0 radical (unpaired) electrons. The van der Waals surface area contributed by atoms with Gasteiger partial charge in [0.2, 0.25) is 0 Å². The Hall–Kier alpha value is -2.36. The zero-order valence-electron chi connectivity index (χ0n) is 8.51. The molecule has 0 aliphatic heterocycles. The lowest BCUT2D eigenvalue weighted by Crippen LogP contribution is -2.04. The minimum absolute atomic E-state index is 0.288. The molecule has 4 heteroatoms. The van der Waals surface area contributed by atoms with Crippen LogP contribution in [0.3, 0.4) is 0 Å². The summed E-state index contributed by atoms with van der Waals surface area (Å²) in [4.78, 5) is 22.4. The van der Waals surface area contributed by atoms with Gasteiger partial charge >= 0.3 is 0 Å². The Morgan fingerprint density at radius 1 is 1.44 bits per heavy atom. The molecule has 1 heterocycles. The van der Waals surface area contributed by atoms with Crippen LogP contribution in [0.4, 0.5) is 5.69 Å². The maximum absolute atomic E-state index is 11.6. The van der Waals surface area contributed by atoms with Gasteiger partial charge < -0.3 is 5.73 Å². The number of nitrogens with zero attached hydrogens (tertiary/aromatic N) is 1. The molecule has 0 saturated carbocycles. The average molecular weight is 214 g/mol. The number of fused-ring (bicyclic) bond motifs is 1. The second-order valence-corrected chi connectivity index (χ2v) is 3.36. The highest BCUT2D eigenvalue weighted by molar-refractivity contribution is 6.09. The standard InChI is InChI=1S/C12H10N2O2/c1-2-11(16)14-6-8(7-15)12-9(13)4-3-5-10(12)14/h2-7H,1,13H2.